The van der Waals surface area contributed by atoms with Crippen molar-refractivity contribution >= 4 is 12.6 Å². The largest absolute Gasteiger partial charge is 0.486 e. The molecule has 0 spiro atoms. The minimum Gasteiger partial charge on any atom is -0.486 e. The van der Waals surface area contributed by atoms with E-state index < -0.39 is 43.5 Å². The number of allylic oxidation sites excluding steroid dienone is 4. The van der Waals surface area contributed by atoms with Crippen molar-refractivity contribution < 1.29 is 39.0 Å². The average molecular weight is 416 g/mol. The Morgan fingerprint density at radius 3 is 2.61 bits per heavy atom. The van der Waals surface area contributed by atoms with Gasteiger partial charge in [0.15, 0.2) is 0 Å². The van der Waals surface area contributed by atoms with Crippen LogP contribution in [0.2, 0.25) is 0 Å². The molecule has 0 saturated carbocycles. The van der Waals surface area contributed by atoms with Crippen molar-refractivity contribution in [1.29, 1.82) is 0 Å². The van der Waals surface area contributed by atoms with Crippen LogP contribution in [-0.2, 0) is 14.2 Å². The first-order valence-electron chi connectivity index (χ1n) is 8.67. The van der Waals surface area contributed by atoms with E-state index in [9.17, 15) is 24.8 Å². The Morgan fingerprint density at radius 2 is 2.00 bits per heavy atom. The Labute approximate surface area is 168 Å². The molecule has 28 heavy (non-hydrogen) atoms. The van der Waals surface area contributed by atoms with Crippen molar-refractivity contribution in [3.63, 3.8) is 0 Å². The normalized spacial score (nSPS) is 34.8. The maximum absolute atomic E-state index is 14.3. The van der Waals surface area contributed by atoms with Crippen molar-refractivity contribution in [3.8, 4) is 0 Å². The van der Waals surface area contributed by atoms with E-state index in [1.807, 2.05) is 0 Å². The monoisotopic (exact) mass is 416 g/mol. The Hall–Kier alpha value is -1.62. The highest BCUT2D eigenvalue weighted by molar-refractivity contribution is 7.83. The Kier molecular flexibility index (Phi) is 8.29. The molecule has 0 aromatic rings. The number of halogens is 1. The Balaban J connectivity index is 2.26. The van der Waals surface area contributed by atoms with Crippen LogP contribution in [0.3, 0.4) is 0 Å². The summed E-state index contributed by atoms with van der Waals surface area (Å²) in [5.41, 5.74) is 0.399. The summed E-state index contributed by atoms with van der Waals surface area (Å²) in [6, 6.07) is 0. The maximum atomic E-state index is 14.3. The first-order chi connectivity index (χ1) is 13.3. The van der Waals surface area contributed by atoms with Gasteiger partial charge in [0.2, 0.25) is 6.29 Å². The van der Waals surface area contributed by atoms with E-state index in [2.05, 4.69) is 19.2 Å². The number of aliphatic hydroxyl groups excluding tert-OH is 4. The summed E-state index contributed by atoms with van der Waals surface area (Å²) in [5, 5.41) is 40.6. The first-order valence-corrected chi connectivity index (χ1v) is 9.19. The molecule has 7 nitrogen and oxygen atoms in total. The van der Waals surface area contributed by atoms with Gasteiger partial charge in [-0.15, -0.1) is 0 Å². The minimum absolute atomic E-state index is 0.0259. The highest BCUT2D eigenvalue weighted by atomic mass is 32.1. The highest BCUT2D eigenvalue weighted by Gasteiger charge is 2.44. The van der Waals surface area contributed by atoms with Crippen LogP contribution >= 0.6 is 12.6 Å². The average Bonchev–Trinajstić information content (AvgIpc) is 2.80. The van der Waals surface area contributed by atoms with Crippen LogP contribution < -0.4 is 0 Å². The molecule has 1 aliphatic carbocycles. The van der Waals surface area contributed by atoms with Crippen LogP contribution in [0.25, 0.3) is 0 Å². The van der Waals surface area contributed by atoms with E-state index in [4.69, 9.17) is 14.2 Å². The number of ether oxygens (including phenoxy) is 3. The van der Waals surface area contributed by atoms with Crippen molar-refractivity contribution in [1.82, 2.24) is 0 Å². The summed E-state index contributed by atoms with van der Waals surface area (Å²) in [4.78, 5) is 0. The van der Waals surface area contributed by atoms with E-state index in [0.717, 1.165) is 6.08 Å². The number of hydrogen-bond donors (Lipinski definition) is 5. The van der Waals surface area contributed by atoms with Crippen LogP contribution in [0.15, 0.2) is 59.5 Å². The van der Waals surface area contributed by atoms with Gasteiger partial charge in [0.05, 0.1) is 6.61 Å². The molecular formula is C19H25FO7S. The molecule has 0 aromatic heterocycles. The summed E-state index contributed by atoms with van der Waals surface area (Å²) in [7, 11) is 0. The third kappa shape index (κ3) is 5.47. The molecule has 2 aliphatic rings. The van der Waals surface area contributed by atoms with Gasteiger partial charge in [0.25, 0.3) is 0 Å². The lowest BCUT2D eigenvalue weighted by Gasteiger charge is -2.39. The first kappa shape index (κ1) is 22.7. The Bertz CT molecular complexity index is 673. The second-order valence-corrected chi connectivity index (χ2v) is 6.63. The van der Waals surface area contributed by atoms with Gasteiger partial charge in [-0.3, -0.25) is 0 Å². The molecule has 1 aliphatic heterocycles. The van der Waals surface area contributed by atoms with Gasteiger partial charge in [-0.25, -0.2) is 4.39 Å². The van der Waals surface area contributed by atoms with Crippen LogP contribution in [-0.4, -0.2) is 70.0 Å². The molecule has 156 valence electrons. The smallest absolute Gasteiger partial charge is 0.229 e. The van der Waals surface area contributed by atoms with Gasteiger partial charge in [-0.05, 0) is 30.6 Å². The molecule has 1 saturated heterocycles. The van der Waals surface area contributed by atoms with Crippen molar-refractivity contribution in [3.05, 3.63) is 59.5 Å². The lowest BCUT2D eigenvalue weighted by atomic mass is 9.99. The zero-order valence-electron chi connectivity index (χ0n) is 15.3. The molecule has 0 radical (unpaired) electrons. The van der Waals surface area contributed by atoms with E-state index in [1.54, 1.807) is 13.0 Å². The third-order valence-electron chi connectivity index (χ3n) is 4.21. The maximum Gasteiger partial charge on any atom is 0.229 e. The molecule has 4 N–H and O–H groups in total. The van der Waals surface area contributed by atoms with Crippen LogP contribution in [0, 0.1) is 0 Å². The summed E-state index contributed by atoms with van der Waals surface area (Å²) < 4.78 is 30.9. The van der Waals surface area contributed by atoms with Gasteiger partial charge < -0.3 is 34.6 Å². The number of hydrogen-bond acceptors (Lipinski definition) is 8. The second-order valence-electron chi connectivity index (χ2n) is 6.33. The molecule has 1 heterocycles. The molecule has 7 atom stereocenters. The standard InChI is InChI=1S/C19H25FO7S/c1-3-11-6-12(20)7-13(8-14(11)25-10(2)4-5-28)26-19-18(24)17(23)16(22)15(9-21)27-19/h3-8,10,12,15-19,21-24,28H,1,9H2,2H3/b5-4-/t10?,12?,15-,16?,17+,18-,19?/m1/s1. The SMILES string of the molecule is C=CC1=CC(F)C=C(OC2O[C@H](CO)C(O)[C@H](O)[C@H]2O)C=C1OC(C)/C=C\S. The summed E-state index contributed by atoms with van der Waals surface area (Å²) >= 11 is 3.99. The van der Waals surface area contributed by atoms with Gasteiger partial charge in [-0.1, -0.05) is 12.7 Å². The van der Waals surface area contributed by atoms with Crippen molar-refractivity contribution in [2.24, 2.45) is 0 Å². The molecule has 9 heteroatoms. The van der Waals surface area contributed by atoms with Gasteiger partial charge in [-0.2, -0.15) is 12.6 Å². The van der Waals surface area contributed by atoms with E-state index in [-0.39, 0.29) is 17.6 Å². The number of rotatable bonds is 7. The topological polar surface area (TPSA) is 109 Å². The number of aliphatic hydroxyl groups is 4. The van der Waals surface area contributed by atoms with E-state index in [0.29, 0.717) is 5.57 Å². The molecule has 1 fully saturated rings. The van der Waals surface area contributed by atoms with Crippen LogP contribution in [0.4, 0.5) is 4.39 Å². The minimum atomic E-state index is -1.62. The van der Waals surface area contributed by atoms with Gasteiger partial charge >= 0.3 is 0 Å². The molecule has 0 amide bonds. The number of thiol groups is 1. The van der Waals surface area contributed by atoms with E-state index >= 15 is 0 Å². The van der Waals surface area contributed by atoms with Crippen LogP contribution in [0.1, 0.15) is 6.92 Å². The van der Waals surface area contributed by atoms with Crippen molar-refractivity contribution in [2.45, 2.75) is 49.9 Å². The highest BCUT2D eigenvalue weighted by Crippen LogP contribution is 2.28. The number of alkyl halides is 1. The predicted molar refractivity (Wildman–Crippen MR) is 103 cm³/mol. The lowest BCUT2D eigenvalue weighted by molar-refractivity contribution is -0.290. The molecule has 0 aromatic carbocycles. The fourth-order valence-corrected chi connectivity index (χ4v) is 2.97. The van der Waals surface area contributed by atoms with Gasteiger partial charge in [0.1, 0.15) is 48.2 Å². The second kappa shape index (κ2) is 10.2. The molecule has 0 bridgehead atoms. The Morgan fingerprint density at radius 1 is 1.29 bits per heavy atom. The van der Waals surface area contributed by atoms with Gasteiger partial charge in [0, 0.05) is 11.6 Å². The fourth-order valence-electron chi connectivity index (χ4n) is 2.72. The predicted octanol–water partition coefficient (Wildman–Crippen LogP) is 0.883. The van der Waals surface area contributed by atoms with Crippen LogP contribution in [0.5, 0.6) is 0 Å². The summed E-state index contributed by atoms with van der Waals surface area (Å²) in [6.45, 7) is 4.81. The quantitative estimate of drug-likeness (QED) is 0.392. The van der Waals surface area contributed by atoms with Crippen molar-refractivity contribution in [2.75, 3.05) is 6.61 Å². The summed E-state index contributed by atoms with van der Waals surface area (Å²) in [5.74, 6) is 0.243. The molecule has 2 rings (SSSR count). The van der Waals surface area contributed by atoms with E-state index in [1.165, 1.54) is 23.6 Å². The lowest BCUT2D eigenvalue weighted by Crippen LogP contribution is -2.59. The fraction of sp³-hybridized carbons (Fsp3) is 0.474. The molecule has 4 unspecified atom stereocenters. The summed E-state index contributed by atoms with van der Waals surface area (Å²) in [6.07, 6.45) is -2.33. The zero-order valence-corrected chi connectivity index (χ0v) is 16.2. The third-order valence-corrected chi connectivity index (χ3v) is 4.38. The zero-order chi connectivity index (χ0) is 20.8. The molecular weight excluding hydrogens is 391 g/mol.